The number of carbonyl (C=O) groups is 1. The van der Waals surface area contributed by atoms with Gasteiger partial charge in [0.1, 0.15) is 6.33 Å². The lowest BCUT2D eigenvalue weighted by molar-refractivity contribution is 0.0938. The fraction of sp³-hybridized carbons (Fsp3) is 0.350. The van der Waals surface area contributed by atoms with E-state index in [2.05, 4.69) is 42.9 Å². The lowest BCUT2D eigenvalue weighted by atomic mass is 10.1. The Morgan fingerprint density at radius 3 is 2.75 bits per heavy atom. The van der Waals surface area contributed by atoms with Gasteiger partial charge in [0.2, 0.25) is 0 Å². The molecule has 1 saturated heterocycles. The molecule has 1 fully saturated rings. The van der Waals surface area contributed by atoms with Gasteiger partial charge in [0.15, 0.2) is 5.16 Å². The molecule has 1 aliphatic rings. The molecule has 0 saturated carbocycles. The summed E-state index contributed by atoms with van der Waals surface area (Å²) in [6.07, 6.45) is 3.98. The van der Waals surface area contributed by atoms with E-state index in [0.717, 1.165) is 29.6 Å². The number of nitrogens with one attached hydrogen (secondary N) is 2. The van der Waals surface area contributed by atoms with Crippen molar-refractivity contribution in [1.82, 2.24) is 25.4 Å². The molecule has 1 aliphatic heterocycles. The van der Waals surface area contributed by atoms with E-state index in [0.29, 0.717) is 12.1 Å². The molecule has 146 valence electrons. The molecule has 1 unspecified atom stereocenters. The number of benzene rings is 1. The average molecular weight is 414 g/mol. The van der Waals surface area contributed by atoms with Gasteiger partial charge in [0, 0.05) is 22.7 Å². The second-order valence-corrected chi connectivity index (χ2v) is 8.70. The van der Waals surface area contributed by atoms with Crippen LogP contribution in [0.3, 0.4) is 0 Å². The Morgan fingerprint density at radius 2 is 2.07 bits per heavy atom. The molecular weight excluding hydrogens is 390 g/mol. The van der Waals surface area contributed by atoms with Crippen molar-refractivity contribution >= 4 is 29.0 Å². The zero-order valence-corrected chi connectivity index (χ0v) is 17.1. The van der Waals surface area contributed by atoms with Crippen LogP contribution in [0.5, 0.6) is 0 Å². The van der Waals surface area contributed by atoms with E-state index >= 15 is 0 Å². The predicted octanol–water partition coefficient (Wildman–Crippen LogP) is 3.73. The molecule has 1 amide bonds. The maximum atomic E-state index is 12.6. The number of amides is 1. The summed E-state index contributed by atoms with van der Waals surface area (Å²) in [7, 11) is 0. The second-order valence-electron chi connectivity index (χ2n) is 6.76. The van der Waals surface area contributed by atoms with Gasteiger partial charge in [-0.15, -0.1) is 11.3 Å². The summed E-state index contributed by atoms with van der Waals surface area (Å²) in [6, 6.07) is 12.3. The number of thioether (sulfide) groups is 1. The fourth-order valence-corrected chi connectivity index (χ4v) is 5.00. The van der Waals surface area contributed by atoms with E-state index in [4.69, 9.17) is 0 Å². The van der Waals surface area contributed by atoms with Gasteiger partial charge in [-0.05, 0) is 55.1 Å². The Labute approximate surface area is 172 Å². The van der Waals surface area contributed by atoms with Crippen molar-refractivity contribution in [3.05, 3.63) is 64.1 Å². The molecule has 8 heteroatoms. The van der Waals surface area contributed by atoms with Crippen molar-refractivity contribution in [2.75, 3.05) is 19.6 Å². The SMILES string of the molecule is O=C(NCC(c1cccs1)N1CCCC1)c1ccc(CSc2ncn[nH]2)cc1. The van der Waals surface area contributed by atoms with Crippen LogP contribution in [0.25, 0.3) is 0 Å². The number of thiophene rings is 1. The van der Waals surface area contributed by atoms with Gasteiger partial charge >= 0.3 is 0 Å². The highest BCUT2D eigenvalue weighted by Crippen LogP contribution is 2.28. The van der Waals surface area contributed by atoms with Crippen LogP contribution in [-0.4, -0.2) is 45.6 Å². The molecule has 4 rings (SSSR count). The zero-order valence-electron chi connectivity index (χ0n) is 15.5. The number of rotatable bonds is 8. The average Bonchev–Trinajstić information content (AvgIpc) is 3.51. The Balaban J connectivity index is 1.33. The van der Waals surface area contributed by atoms with Crippen molar-refractivity contribution in [2.45, 2.75) is 29.8 Å². The Morgan fingerprint density at radius 1 is 1.25 bits per heavy atom. The molecule has 1 aromatic carbocycles. The number of likely N-dealkylation sites (tertiary alicyclic amines) is 1. The number of hydrogen-bond acceptors (Lipinski definition) is 6. The van der Waals surface area contributed by atoms with Crippen LogP contribution in [0, 0.1) is 0 Å². The summed E-state index contributed by atoms with van der Waals surface area (Å²) in [5.74, 6) is 0.766. The zero-order chi connectivity index (χ0) is 19.2. The van der Waals surface area contributed by atoms with Gasteiger partial charge in [-0.3, -0.25) is 14.8 Å². The topological polar surface area (TPSA) is 73.9 Å². The number of H-pyrrole nitrogens is 1. The Bertz CT molecular complexity index is 859. The molecule has 0 radical (unpaired) electrons. The summed E-state index contributed by atoms with van der Waals surface area (Å²) in [4.78, 5) is 20.5. The highest BCUT2D eigenvalue weighted by Gasteiger charge is 2.24. The van der Waals surface area contributed by atoms with Crippen molar-refractivity contribution in [2.24, 2.45) is 0 Å². The standard InChI is InChI=1S/C20H23N5OS2/c26-19(16-7-5-15(6-8-16)13-28-20-22-14-23-24-20)21-12-17(18-4-3-11-27-18)25-9-1-2-10-25/h3-8,11,14,17H,1-2,9-10,12-13H2,(H,21,26)(H,22,23,24). The molecule has 6 nitrogen and oxygen atoms in total. The van der Waals surface area contributed by atoms with Gasteiger partial charge < -0.3 is 5.32 Å². The van der Waals surface area contributed by atoms with Crippen LogP contribution >= 0.6 is 23.1 Å². The maximum absolute atomic E-state index is 12.6. The first-order valence-corrected chi connectivity index (χ1v) is 11.3. The second kappa shape index (κ2) is 9.36. The van der Waals surface area contributed by atoms with Crippen molar-refractivity contribution < 1.29 is 4.79 Å². The minimum absolute atomic E-state index is 0.0183. The maximum Gasteiger partial charge on any atom is 0.251 e. The van der Waals surface area contributed by atoms with E-state index in [1.807, 2.05) is 24.3 Å². The number of carbonyl (C=O) groups excluding carboxylic acids is 1. The smallest absolute Gasteiger partial charge is 0.251 e. The number of aromatic nitrogens is 3. The molecule has 2 aromatic heterocycles. The normalized spacial score (nSPS) is 15.6. The third-order valence-electron chi connectivity index (χ3n) is 4.89. The molecule has 0 aliphatic carbocycles. The van der Waals surface area contributed by atoms with Crippen LogP contribution in [0.15, 0.2) is 53.3 Å². The number of nitrogens with zero attached hydrogens (tertiary/aromatic N) is 3. The summed E-state index contributed by atoms with van der Waals surface area (Å²) < 4.78 is 0. The van der Waals surface area contributed by atoms with Crippen LogP contribution in [0.1, 0.15) is 39.7 Å². The van der Waals surface area contributed by atoms with E-state index < -0.39 is 0 Å². The molecule has 28 heavy (non-hydrogen) atoms. The minimum atomic E-state index is -0.0183. The quantitative estimate of drug-likeness (QED) is 0.551. The highest BCUT2D eigenvalue weighted by atomic mass is 32.2. The van der Waals surface area contributed by atoms with Gasteiger partial charge in [0.05, 0.1) is 6.04 Å². The summed E-state index contributed by atoms with van der Waals surface area (Å²) >= 11 is 3.35. The summed E-state index contributed by atoms with van der Waals surface area (Å²) in [5, 5.41) is 12.7. The molecule has 3 heterocycles. The molecule has 0 spiro atoms. The number of hydrogen-bond donors (Lipinski definition) is 2. The monoisotopic (exact) mass is 413 g/mol. The van der Waals surface area contributed by atoms with Gasteiger partial charge in [0.25, 0.3) is 5.91 Å². The molecular formula is C20H23N5OS2. The predicted molar refractivity (Wildman–Crippen MR) is 113 cm³/mol. The summed E-state index contributed by atoms with van der Waals surface area (Å²) in [5.41, 5.74) is 1.84. The molecule has 2 N–H and O–H groups in total. The molecule has 0 bridgehead atoms. The van der Waals surface area contributed by atoms with Crippen molar-refractivity contribution in [3.8, 4) is 0 Å². The first kappa shape index (κ1) is 19.2. The third-order valence-corrected chi connectivity index (χ3v) is 6.81. The lowest BCUT2D eigenvalue weighted by Crippen LogP contribution is -2.36. The van der Waals surface area contributed by atoms with Gasteiger partial charge in [-0.25, -0.2) is 4.98 Å². The van der Waals surface area contributed by atoms with Crippen molar-refractivity contribution in [3.63, 3.8) is 0 Å². The van der Waals surface area contributed by atoms with E-state index in [1.165, 1.54) is 24.0 Å². The first-order chi connectivity index (χ1) is 13.8. The van der Waals surface area contributed by atoms with Crippen LogP contribution in [0.2, 0.25) is 0 Å². The molecule has 3 aromatic rings. The Kier molecular flexibility index (Phi) is 6.41. The van der Waals surface area contributed by atoms with Crippen molar-refractivity contribution in [1.29, 1.82) is 0 Å². The Hall–Kier alpha value is -2.16. The van der Waals surface area contributed by atoms with Gasteiger partial charge in [-0.2, -0.15) is 5.10 Å². The first-order valence-electron chi connectivity index (χ1n) is 9.42. The van der Waals surface area contributed by atoms with Crippen LogP contribution in [-0.2, 0) is 5.75 Å². The van der Waals surface area contributed by atoms with Gasteiger partial charge in [-0.1, -0.05) is 30.0 Å². The third kappa shape index (κ3) is 4.81. The minimum Gasteiger partial charge on any atom is -0.350 e. The largest absolute Gasteiger partial charge is 0.350 e. The fourth-order valence-electron chi connectivity index (χ4n) is 3.40. The van der Waals surface area contributed by atoms with E-state index in [9.17, 15) is 4.79 Å². The van der Waals surface area contributed by atoms with Crippen LogP contribution < -0.4 is 5.32 Å². The highest BCUT2D eigenvalue weighted by molar-refractivity contribution is 7.98. The van der Waals surface area contributed by atoms with E-state index in [-0.39, 0.29) is 11.9 Å². The molecule has 1 atom stereocenters. The van der Waals surface area contributed by atoms with E-state index in [1.54, 1.807) is 23.1 Å². The van der Waals surface area contributed by atoms with Crippen LogP contribution in [0.4, 0.5) is 0 Å². The lowest BCUT2D eigenvalue weighted by Gasteiger charge is -2.27. The summed E-state index contributed by atoms with van der Waals surface area (Å²) in [6.45, 7) is 2.86. The number of aromatic amines is 1.